The summed E-state index contributed by atoms with van der Waals surface area (Å²) in [5, 5.41) is 9.97. The van der Waals surface area contributed by atoms with Crippen LogP contribution in [0.25, 0.3) is 0 Å². The smallest absolute Gasteiger partial charge is 0.399 e. The predicted octanol–water partition coefficient (Wildman–Crippen LogP) is 3.60. The number of nitrogen functional groups attached to an aromatic ring is 1. The monoisotopic (exact) mass is 261 g/mol. The van der Waals surface area contributed by atoms with Crippen molar-refractivity contribution in [3.8, 4) is 0 Å². The number of hydrogen-bond acceptors (Lipinski definition) is 2. The summed E-state index contributed by atoms with van der Waals surface area (Å²) in [6.07, 6.45) is -3.22. The highest BCUT2D eigenvalue weighted by Crippen LogP contribution is 2.42. The fraction of sp³-hybridized carbons (Fsp3) is 0.538. The van der Waals surface area contributed by atoms with Crippen LogP contribution in [0.5, 0.6) is 0 Å². The van der Waals surface area contributed by atoms with E-state index in [0.717, 1.165) is 6.42 Å². The van der Waals surface area contributed by atoms with Crippen molar-refractivity contribution in [3.63, 3.8) is 0 Å². The first kappa shape index (κ1) is 14.8. The molecule has 5 heteroatoms. The van der Waals surface area contributed by atoms with E-state index in [0.29, 0.717) is 18.5 Å². The minimum atomic E-state index is -4.68. The van der Waals surface area contributed by atoms with E-state index in [1.165, 1.54) is 24.3 Å². The number of benzene rings is 1. The first-order valence-corrected chi connectivity index (χ1v) is 5.96. The third kappa shape index (κ3) is 3.16. The standard InChI is InChI=1S/C13H18F3NO/c1-2-3-4-9-12(18,13(14,15)16)10-5-7-11(17)8-6-10/h5-8,18H,2-4,9,17H2,1H3. The van der Waals surface area contributed by atoms with Crippen molar-refractivity contribution in [2.45, 2.75) is 44.4 Å². The van der Waals surface area contributed by atoms with Crippen LogP contribution in [0.15, 0.2) is 24.3 Å². The van der Waals surface area contributed by atoms with Crippen LogP contribution < -0.4 is 5.73 Å². The van der Waals surface area contributed by atoms with Gasteiger partial charge >= 0.3 is 6.18 Å². The maximum absolute atomic E-state index is 13.0. The van der Waals surface area contributed by atoms with Crippen LogP contribution in [0, 0.1) is 0 Å². The van der Waals surface area contributed by atoms with E-state index in [4.69, 9.17) is 5.73 Å². The zero-order chi connectivity index (χ0) is 13.8. The summed E-state index contributed by atoms with van der Waals surface area (Å²) >= 11 is 0. The van der Waals surface area contributed by atoms with E-state index in [1.807, 2.05) is 6.92 Å². The second kappa shape index (κ2) is 5.61. The predicted molar refractivity (Wildman–Crippen MR) is 64.9 cm³/mol. The van der Waals surface area contributed by atoms with Crippen molar-refractivity contribution in [2.24, 2.45) is 0 Å². The molecular weight excluding hydrogens is 243 g/mol. The normalized spacial score (nSPS) is 15.4. The molecule has 0 fully saturated rings. The Labute approximate surface area is 105 Å². The van der Waals surface area contributed by atoms with Gasteiger partial charge in [0.1, 0.15) is 0 Å². The van der Waals surface area contributed by atoms with E-state index >= 15 is 0 Å². The number of hydrogen-bond donors (Lipinski definition) is 2. The molecule has 1 unspecified atom stereocenters. The minimum absolute atomic E-state index is 0.152. The highest BCUT2D eigenvalue weighted by atomic mass is 19.4. The molecule has 0 radical (unpaired) electrons. The molecule has 0 aliphatic heterocycles. The van der Waals surface area contributed by atoms with Crippen LogP contribution >= 0.6 is 0 Å². The molecule has 2 nitrogen and oxygen atoms in total. The summed E-state index contributed by atoms with van der Waals surface area (Å²) < 4.78 is 39.1. The van der Waals surface area contributed by atoms with Gasteiger partial charge in [0.2, 0.25) is 0 Å². The van der Waals surface area contributed by atoms with Gasteiger partial charge in [-0.05, 0) is 30.5 Å². The fourth-order valence-electron chi connectivity index (χ4n) is 1.84. The molecule has 0 aromatic heterocycles. The molecule has 1 aromatic rings. The van der Waals surface area contributed by atoms with Crippen molar-refractivity contribution < 1.29 is 18.3 Å². The fourth-order valence-corrected chi connectivity index (χ4v) is 1.84. The second-order valence-electron chi connectivity index (χ2n) is 4.44. The second-order valence-corrected chi connectivity index (χ2v) is 4.44. The molecule has 0 spiro atoms. The maximum Gasteiger partial charge on any atom is 0.421 e. The van der Waals surface area contributed by atoms with Crippen molar-refractivity contribution in [1.29, 1.82) is 0 Å². The molecule has 3 N–H and O–H groups in total. The molecule has 18 heavy (non-hydrogen) atoms. The first-order valence-electron chi connectivity index (χ1n) is 5.96. The topological polar surface area (TPSA) is 46.2 Å². The highest BCUT2D eigenvalue weighted by Gasteiger charge is 2.54. The zero-order valence-corrected chi connectivity index (χ0v) is 10.3. The minimum Gasteiger partial charge on any atom is -0.399 e. The quantitative estimate of drug-likeness (QED) is 0.628. The van der Waals surface area contributed by atoms with Gasteiger partial charge in [-0.25, -0.2) is 0 Å². The molecule has 0 saturated heterocycles. The van der Waals surface area contributed by atoms with Crippen LogP contribution in [0.3, 0.4) is 0 Å². The highest BCUT2D eigenvalue weighted by molar-refractivity contribution is 5.41. The number of nitrogens with two attached hydrogens (primary N) is 1. The van der Waals surface area contributed by atoms with Crippen molar-refractivity contribution >= 4 is 5.69 Å². The number of anilines is 1. The summed E-state index contributed by atoms with van der Waals surface area (Å²) in [5.41, 5.74) is 2.88. The Bertz CT molecular complexity index is 375. The lowest BCUT2D eigenvalue weighted by Gasteiger charge is -2.31. The van der Waals surface area contributed by atoms with Crippen molar-refractivity contribution in [1.82, 2.24) is 0 Å². The summed E-state index contributed by atoms with van der Waals surface area (Å²) in [7, 11) is 0. The molecule has 0 heterocycles. The van der Waals surface area contributed by atoms with Gasteiger partial charge in [0.15, 0.2) is 5.60 Å². The number of halogens is 3. The van der Waals surface area contributed by atoms with E-state index in [2.05, 4.69) is 0 Å². The summed E-state index contributed by atoms with van der Waals surface area (Å²) in [5.74, 6) is 0. The molecule has 1 atom stereocenters. The number of alkyl halides is 3. The molecular formula is C13H18F3NO. The molecule has 0 aliphatic rings. The van der Waals surface area contributed by atoms with E-state index in [-0.39, 0.29) is 12.0 Å². The number of rotatable bonds is 5. The number of unbranched alkanes of at least 4 members (excludes halogenated alkanes) is 2. The van der Waals surface area contributed by atoms with E-state index in [1.54, 1.807) is 0 Å². The van der Waals surface area contributed by atoms with Crippen LogP contribution in [-0.4, -0.2) is 11.3 Å². The largest absolute Gasteiger partial charge is 0.421 e. The van der Waals surface area contributed by atoms with Gasteiger partial charge < -0.3 is 10.8 Å². The Kier molecular flexibility index (Phi) is 4.62. The van der Waals surface area contributed by atoms with Gasteiger partial charge in [0, 0.05) is 5.69 Å². The molecule has 0 amide bonds. The third-order valence-electron chi connectivity index (χ3n) is 3.00. The summed E-state index contributed by atoms with van der Waals surface area (Å²) in [6, 6.07) is 5.20. The van der Waals surface area contributed by atoms with Gasteiger partial charge in [-0.3, -0.25) is 0 Å². The average molecular weight is 261 g/mol. The summed E-state index contributed by atoms with van der Waals surface area (Å²) in [6.45, 7) is 1.90. The average Bonchev–Trinajstić information content (AvgIpc) is 2.28. The zero-order valence-electron chi connectivity index (χ0n) is 10.3. The molecule has 0 saturated carbocycles. The van der Waals surface area contributed by atoms with E-state index < -0.39 is 11.8 Å². The summed E-state index contributed by atoms with van der Waals surface area (Å²) in [4.78, 5) is 0. The Morgan fingerprint density at radius 2 is 1.67 bits per heavy atom. The lowest BCUT2D eigenvalue weighted by molar-refractivity contribution is -0.269. The van der Waals surface area contributed by atoms with Gasteiger partial charge in [0.05, 0.1) is 0 Å². The molecule has 0 bridgehead atoms. The maximum atomic E-state index is 13.0. The Hall–Kier alpha value is -1.23. The van der Waals surface area contributed by atoms with Crippen LogP contribution in [0.2, 0.25) is 0 Å². The van der Waals surface area contributed by atoms with Gasteiger partial charge in [-0.15, -0.1) is 0 Å². The first-order chi connectivity index (χ1) is 8.31. The van der Waals surface area contributed by atoms with Crippen molar-refractivity contribution in [3.05, 3.63) is 29.8 Å². The van der Waals surface area contributed by atoms with Gasteiger partial charge in [-0.2, -0.15) is 13.2 Å². The molecule has 102 valence electrons. The van der Waals surface area contributed by atoms with E-state index in [9.17, 15) is 18.3 Å². The Morgan fingerprint density at radius 1 is 1.11 bits per heavy atom. The van der Waals surface area contributed by atoms with Gasteiger partial charge in [-0.1, -0.05) is 31.9 Å². The Morgan fingerprint density at radius 3 is 2.11 bits per heavy atom. The molecule has 1 rings (SSSR count). The lowest BCUT2D eigenvalue weighted by Crippen LogP contribution is -2.42. The van der Waals surface area contributed by atoms with Gasteiger partial charge in [0.25, 0.3) is 0 Å². The van der Waals surface area contributed by atoms with Crippen LogP contribution in [0.4, 0.5) is 18.9 Å². The Balaban J connectivity index is 3.00. The number of aliphatic hydroxyl groups is 1. The molecule has 0 aliphatic carbocycles. The third-order valence-corrected chi connectivity index (χ3v) is 3.00. The SMILES string of the molecule is CCCCCC(O)(c1ccc(N)cc1)C(F)(F)F. The van der Waals surface area contributed by atoms with Crippen molar-refractivity contribution in [2.75, 3.05) is 5.73 Å². The molecule has 1 aromatic carbocycles. The van der Waals surface area contributed by atoms with Crippen LogP contribution in [0.1, 0.15) is 38.2 Å². The van der Waals surface area contributed by atoms with Crippen LogP contribution in [-0.2, 0) is 5.60 Å². The lowest BCUT2D eigenvalue weighted by atomic mass is 9.87.